The molecule has 1 saturated heterocycles. The molecule has 1 saturated carbocycles. The first-order chi connectivity index (χ1) is 9.30. The van der Waals surface area contributed by atoms with Gasteiger partial charge in [-0.15, -0.1) is 0 Å². The van der Waals surface area contributed by atoms with Crippen molar-refractivity contribution in [1.82, 2.24) is 9.88 Å². The van der Waals surface area contributed by atoms with Gasteiger partial charge in [0.2, 0.25) is 0 Å². The second-order valence-electron chi connectivity index (χ2n) is 7.49. The minimum absolute atomic E-state index is 0.0366. The number of likely N-dealkylation sites (tertiary alicyclic amines) is 1. The first-order valence-electron chi connectivity index (χ1n) is 7.21. The quantitative estimate of drug-likeness (QED) is 0.738. The lowest BCUT2D eigenvalue weighted by molar-refractivity contribution is 0.0708. The second kappa shape index (κ2) is 4.45. The maximum atomic E-state index is 12.8. The van der Waals surface area contributed by atoms with Crippen molar-refractivity contribution in [2.45, 2.75) is 46.1 Å². The van der Waals surface area contributed by atoms with Crippen LogP contribution < -0.4 is 0 Å². The van der Waals surface area contributed by atoms with Gasteiger partial charge < -0.3 is 4.90 Å². The van der Waals surface area contributed by atoms with Gasteiger partial charge >= 0.3 is 0 Å². The summed E-state index contributed by atoms with van der Waals surface area (Å²) in [7, 11) is 0. The summed E-state index contributed by atoms with van der Waals surface area (Å²) in [6.45, 7) is 7.76. The highest BCUT2D eigenvalue weighted by Crippen LogP contribution is 2.52. The number of halogens is 1. The molecule has 4 heteroatoms. The number of carbonyl (C=O) groups excluding carboxylic acids is 1. The lowest BCUT2D eigenvalue weighted by Gasteiger charge is -2.39. The third-order valence-electron chi connectivity index (χ3n) is 4.67. The highest BCUT2D eigenvalue weighted by molar-refractivity contribution is 6.32. The van der Waals surface area contributed by atoms with E-state index in [0.717, 1.165) is 19.4 Å². The summed E-state index contributed by atoms with van der Waals surface area (Å²) in [6.07, 6.45) is 4.99. The number of nitrogens with zero attached hydrogens (tertiary/aromatic N) is 2. The number of fused-ring (bicyclic) bond motifs is 2. The minimum atomic E-state index is 0.0366. The molecule has 2 atom stereocenters. The van der Waals surface area contributed by atoms with Crippen LogP contribution in [0.1, 0.15) is 50.4 Å². The maximum Gasteiger partial charge on any atom is 0.257 e. The van der Waals surface area contributed by atoms with E-state index in [1.807, 2.05) is 4.90 Å². The molecular weight excluding hydrogens is 272 g/mol. The van der Waals surface area contributed by atoms with E-state index in [0.29, 0.717) is 22.2 Å². The number of amides is 1. The minimum Gasteiger partial charge on any atom is -0.335 e. The largest absolute Gasteiger partial charge is 0.335 e. The number of aromatic nitrogens is 1. The summed E-state index contributed by atoms with van der Waals surface area (Å²) in [4.78, 5) is 18.8. The molecule has 0 spiro atoms. The molecule has 0 N–H and O–H groups in total. The number of pyridine rings is 1. The molecule has 3 nitrogen and oxygen atoms in total. The van der Waals surface area contributed by atoms with Crippen molar-refractivity contribution in [3.05, 3.63) is 29.0 Å². The number of hydrogen-bond donors (Lipinski definition) is 0. The van der Waals surface area contributed by atoms with Gasteiger partial charge in [0.25, 0.3) is 5.91 Å². The molecule has 2 bridgehead atoms. The van der Waals surface area contributed by atoms with Crippen LogP contribution in [-0.4, -0.2) is 28.4 Å². The zero-order chi connectivity index (χ0) is 14.5. The molecule has 2 unspecified atom stereocenters. The Morgan fingerprint density at radius 3 is 2.85 bits per heavy atom. The van der Waals surface area contributed by atoms with E-state index < -0.39 is 0 Å². The van der Waals surface area contributed by atoms with Gasteiger partial charge in [0.1, 0.15) is 5.15 Å². The summed E-state index contributed by atoms with van der Waals surface area (Å²) >= 11 is 6.07. The normalized spacial score (nSPS) is 31.4. The van der Waals surface area contributed by atoms with Crippen molar-refractivity contribution in [3.8, 4) is 0 Å². The van der Waals surface area contributed by atoms with Crippen LogP contribution in [0.25, 0.3) is 0 Å². The van der Waals surface area contributed by atoms with Gasteiger partial charge in [-0.1, -0.05) is 32.4 Å². The zero-order valence-electron chi connectivity index (χ0n) is 12.3. The number of carbonyl (C=O) groups is 1. The standard InChI is InChI=1S/C16H21ClN2O/c1-15(2)7-11-8-16(3,9-15)10-19(11)14(20)12-5-4-6-18-13(12)17/h4-6,11H,7-10H2,1-3H3. The number of hydrogen-bond acceptors (Lipinski definition) is 2. The summed E-state index contributed by atoms with van der Waals surface area (Å²) in [5.41, 5.74) is 1.09. The lowest BCUT2D eigenvalue weighted by Crippen LogP contribution is -2.37. The van der Waals surface area contributed by atoms with Crippen LogP contribution in [-0.2, 0) is 0 Å². The maximum absolute atomic E-state index is 12.8. The first kappa shape index (κ1) is 13.9. The van der Waals surface area contributed by atoms with Gasteiger partial charge in [-0.2, -0.15) is 0 Å². The fourth-order valence-corrected chi connectivity index (χ4v) is 4.60. The van der Waals surface area contributed by atoms with Crippen LogP contribution >= 0.6 is 11.6 Å². The lowest BCUT2D eigenvalue weighted by atomic mass is 9.65. The molecule has 2 fully saturated rings. The van der Waals surface area contributed by atoms with Crippen LogP contribution in [0.4, 0.5) is 0 Å². The zero-order valence-corrected chi connectivity index (χ0v) is 13.1. The molecular formula is C16H21ClN2O. The predicted molar refractivity (Wildman–Crippen MR) is 79.8 cm³/mol. The van der Waals surface area contributed by atoms with E-state index in [2.05, 4.69) is 25.8 Å². The van der Waals surface area contributed by atoms with Crippen LogP contribution in [0.2, 0.25) is 5.15 Å². The van der Waals surface area contributed by atoms with Crippen LogP contribution in [0.15, 0.2) is 18.3 Å². The van der Waals surface area contributed by atoms with Crippen molar-refractivity contribution in [2.24, 2.45) is 10.8 Å². The third-order valence-corrected chi connectivity index (χ3v) is 4.97. The molecule has 20 heavy (non-hydrogen) atoms. The highest BCUT2D eigenvalue weighted by atomic mass is 35.5. The Morgan fingerprint density at radius 1 is 1.40 bits per heavy atom. The molecule has 2 aliphatic rings. The average molecular weight is 293 g/mol. The molecule has 1 amide bonds. The Labute approximate surface area is 125 Å². The van der Waals surface area contributed by atoms with E-state index in [4.69, 9.17) is 11.6 Å². The van der Waals surface area contributed by atoms with Crippen molar-refractivity contribution < 1.29 is 4.79 Å². The second-order valence-corrected chi connectivity index (χ2v) is 7.85. The highest BCUT2D eigenvalue weighted by Gasteiger charge is 2.51. The SMILES string of the molecule is CC1(C)CC2CC(C)(CN2C(=O)c2cccnc2Cl)C1. The smallest absolute Gasteiger partial charge is 0.257 e. The first-order valence-corrected chi connectivity index (χ1v) is 7.59. The monoisotopic (exact) mass is 292 g/mol. The van der Waals surface area contributed by atoms with Gasteiger partial charge in [-0.05, 0) is 42.2 Å². The Hall–Kier alpha value is -1.09. The van der Waals surface area contributed by atoms with Crippen LogP contribution in [0.3, 0.4) is 0 Å². The van der Waals surface area contributed by atoms with E-state index in [-0.39, 0.29) is 11.3 Å². The molecule has 3 rings (SSSR count). The molecule has 1 aromatic rings. The Bertz CT molecular complexity index is 557. The summed E-state index contributed by atoms with van der Waals surface area (Å²) in [5, 5.41) is 0.309. The fraction of sp³-hybridized carbons (Fsp3) is 0.625. The molecule has 1 aliphatic carbocycles. The van der Waals surface area contributed by atoms with E-state index in [1.54, 1.807) is 18.3 Å². The van der Waals surface area contributed by atoms with Gasteiger partial charge in [0.15, 0.2) is 0 Å². The topological polar surface area (TPSA) is 33.2 Å². The number of rotatable bonds is 1. The van der Waals surface area contributed by atoms with E-state index >= 15 is 0 Å². The van der Waals surface area contributed by atoms with Crippen molar-refractivity contribution in [3.63, 3.8) is 0 Å². The van der Waals surface area contributed by atoms with Gasteiger partial charge in [-0.25, -0.2) is 4.98 Å². The third kappa shape index (κ3) is 2.32. The van der Waals surface area contributed by atoms with Crippen LogP contribution in [0, 0.1) is 10.8 Å². The Kier molecular flexibility index (Phi) is 3.09. The van der Waals surface area contributed by atoms with Gasteiger partial charge in [0.05, 0.1) is 5.56 Å². The summed E-state index contributed by atoms with van der Waals surface area (Å²) in [6, 6.07) is 3.88. The van der Waals surface area contributed by atoms with Gasteiger partial charge in [-0.3, -0.25) is 4.79 Å². The Balaban J connectivity index is 1.89. The van der Waals surface area contributed by atoms with Crippen LogP contribution in [0.5, 0.6) is 0 Å². The van der Waals surface area contributed by atoms with Crippen molar-refractivity contribution >= 4 is 17.5 Å². The average Bonchev–Trinajstić information content (AvgIpc) is 2.58. The molecule has 0 aromatic carbocycles. The molecule has 1 aromatic heterocycles. The van der Waals surface area contributed by atoms with Crippen molar-refractivity contribution in [1.29, 1.82) is 0 Å². The van der Waals surface area contributed by atoms with E-state index in [1.165, 1.54) is 6.42 Å². The Morgan fingerprint density at radius 2 is 2.15 bits per heavy atom. The predicted octanol–water partition coefficient (Wildman–Crippen LogP) is 3.78. The van der Waals surface area contributed by atoms with Crippen molar-refractivity contribution in [2.75, 3.05) is 6.54 Å². The summed E-state index contributed by atoms with van der Waals surface area (Å²) < 4.78 is 0. The molecule has 1 aliphatic heterocycles. The van der Waals surface area contributed by atoms with Gasteiger partial charge in [0, 0.05) is 18.8 Å². The molecule has 0 radical (unpaired) electrons. The fourth-order valence-electron chi connectivity index (χ4n) is 4.40. The molecule has 2 heterocycles. The molecule has 108 valence electrons. The summed E-state index contributed by atoms with van der Waals surface area (Å²) in [5.74, 6) is 0.0366. The van der Waals surface area contributed by atoms with E-state index in [9.17, 15) is 4.79 Å².